The van der Waals surface area contributed by atoms with Crippen molar-refractivity contribution in [1.82, 2.24) is 5.32 Å². The van der Waals surface area contributed by atoms with E-state index in [1.54, 1.807) is 5.32 Å². The van der Waals surface area contributed by atoms with E-state index >= 15 is 0 Å². The van der Waals surface area contributed by atoms with Crippen LogP contribution in [0, 0.1) is 0 Å². The molecule has 13 heteroatoms. The summed E-state index contributed by atoms with van der Waals surface area (Å²) < 4.78 is 78.9. The van der Waals surface area contributed by atoms with Gasteiger partial charge in [-0.15, -0.1) is 0 Å². The molecule has 1 N–H and O–H groups in total. The lowest BCUT2D eigenvalue weighted by molar-refractivity contribution is -0.158. The van der Waals surface area contributed by atoms with Gasteiger partial charge >= 0.3 is 12.4 Å². The van der Waals surface area contributed by atoms with Crippen molar-refractivity contribution in [3.05, 3.63) is 72.6 Å². The van der Waals surface area contributed by atoms with Gasteiger partial charge in [-0.3, -0.25) is 9.59 Å². The summed E-state index contributed by atoms with van der Waals surface area (Å²) in [7, 11) is 0. The Bertz CT molecular complexity index is 1140. The molecule has 36 heavy (non-hydrogen) atoms. The fraction of sp³-hybridized carbons (Fsp3) is 0.304. The van der Waals surface area contributed by atoms with E-state index in [4.69, 9.17) is 34.8 Å². The number of hydrogen-bond acceptors (Lipinski definition) is 2. The number of ketones is 1. The Hall–Kier alpha value is -1.75. The summed E-state index contributed by atoms with van der Waals surface area (Å²) in [4.78, 5) is 24.1. The summed E-state index contributed by atoms with van der Waals surface area (Å²) in [5.74, 6) is -3.53. The third kappa shape index (κ3) is 8.39. The van der Waals surface area contributed by atoms with Crippen molar-refractivity contribution in [3.63, 3.8) is 0 Å². The predicted molar refractivity (Wildman–Crippen MR) is 131 cm³/mol. The van der Waals surface area contributed by atoms with E-state index in [0.29, 0.717) is 5.56 Å². The molecule has 0 aliphatic carbocycles. The van der Waals surface area contributed by atoms with Crippen LogP contribution < -0.4 is 5.32 Å². The third-order valence-electron chi connectivity index (χ3n) is 4.94. The summed E-state index contributed by atoms with van der Waals surface area (Å²) in [6.45, 7) is 0.780. The van der Waals surface area contributed by atoms with Gasteiger partial charge in [0.25, 0.3) is 0 Å². The van der Waals surface area contributed by atoms with Gasteiger partial charge in [0.1, 0.15) is 6.04 Å². The molecule has 0 aromatic heterocycles. The summed E-state index contributed by atoms with van der Waals surface area (Å²) in [6.07, 6.45) is -8.02. The van der Waals surface area contributed by atoms with Crippen LogP contribution in [0.3, 0.4) is 0 Å². The number of alkyl halides is 6. The Kier molecular flexibility index (Phi) is 10.3. The number of amides is 1. The molecule has 1 amide bonds. The van der Waals surface area contributed by atoms with Gasteiger partial charge in [-0.1, -0.05) is 69.0 Å². The molecule has 0 heterocycles. The van der Waals surface area contributed by atoms with E-state index < -0.39 is 42.4 Å². The van der Waals surface area contributed by atoms with E-state index in [1.165, 1.54) is 24.3 Å². The van der Waals surface area contributed by atoms with Gasteiger partial charge < -0.3 is 5.32 Å². The number of halogens is 10. The quantitative estimate of drug-likeness (QED) is 0.178. The highest BCUT2D eigenvalue weighted by Gasteiger charge is 2.39. The van der Waals surface area contributed by atoms with Gasteiger partial charge in [0.05, 0.1) is 21.0 Å². The van der Waals surface area contributed by atoms with Crippen LogP contribution in [0.1, 0.15) is 47.2 Å². The molecule has 2 rings (SSSR count). The Balaban J connectivity index is 2.15. The van der Waals surface area contributed by atoms with E-state index in [-0.39, 0.29) is 37.1 Å². The smallest absolute Gasteiger partial charge is 0.345 e. The fourth-order valence-electron chi connectivity index (χ4n) is 2.99. The van der Waals surface area contributed by atoms with E-state index in [0.717, 1.165) is 25.1 Å². The molecule has 2 atom stereocenters. The summed E-state index contributed by atoms with van der Waals surface area (Å²) in [5.41, 5.74) is 0.213. The first kappa shape index (κ1) is 30.5. The Morgan fingerprint density at radius 1 is 0.972 bits per heavy atom. The van der Waals surface area contributed by atoms with Crippen LogP contribution in [0.15, 0.2) is 40.9 Å². The molecule has 0 aliphatic heterocycles. The van der Waals surface area contributed by atoms with Gasteiger partial charge in [-0.25, -0.2) is 0 Å². The first-order valence-electron chi connectivity index (χ1n) is 10.1. The van der Waals surface area contributed by atoms with Crippen LogP contribution in [0.5, 0.6) is 0 Å². The van der Waals surface area contributed by atoms with Crippen molar-refractivity contribution in [2.24, 2.45) is 0 Å². The highest BCUT2D eigenvalue weighted by atomic mass is 79.9. The molecular formula is C23H17BrCl3F6NO2. The molecule has 0 saturated carbocycles. The van der Waals surface area contributed by atoms with E-state index in [1.807, 2.05) is 0 Å². The van der Waals surface area contributed by atoms with Crippen molar-refractivity contribution >= 4 is 68.5 Å². The average Bonchev–Trinajstić information content (AvgIpc) is 2.74. The molecular weight excluding hydrogens is 623 g/mol. The minimum atomic E-state index is -4.67. The first-order valence-corrected chi connectivity index (χ1v) is 12.0. The number of nitrogens with one attached hydrogen (secondary N) is 1. The standard InChI is InChI=1S/C23H17BrCl3F6NO2/c1-11(22(28,29)30)34-20(36)7-6-19(35)14-4-2-12(8-16(14)24)3-5-15(23(31,32)33)13-9-17(25)21(27)18(26)10-13/h2-5,8-11,15H,6-7H2,1H3,(H,34,36)/b5-3+. The van der Waals surface area contributed by atoms with Crippen molar-refractivity contribution in [2.75, 3.05) is 0 Å². The fourth-order valence-corrected chi connectivity index (χ4v) is 4.22. The SMILES string of the molecule is CC(NC(=O)CCC(=O)c1ccc(/C=C/C(c2cc(Cl)c(Cl)c(Cl)c2)C(F)(F)F)cc1Br)C(F)(F)F. The Morgan fingerprint density at radius 3 is 2.06 bits per heavy atom. The average molecular weight is 640 g/mol. The lowest BCUT2D eigenvalue weighted by atomic mass is 9.96. The van der Waals surface area contributed by atoms with Crippen molar-refractivity contribution in [1.29, 1.82) is 0 Å². The minimum Gasteiger partial charge on any atom is -0.345 e. The van der Waals surface area contributed by atoms with Gasteiger partial charge in [-0.2, -0.15) is 26.3 Å². The van der Waals surface area contributed by atoms with Crippen LogP contribution in [-0.2, 0) is 4.79 Å². The molecule has 0 aliphatic rings. The molecule has 0 bridgehead atoms. The molecule has 196 valence electrons. The van der Waals surface area contributed by atoms with Crippen molar-refractivity contribution in [3.8, 4) is 0 Å². The lowest BCUT2D eigenvalue weighted by Crippen LogP contribution is -2.43. The zero-order chi connectivity index (χ0) is 27.4. The molecule has 0 saturated heterocycles. The number of carbonyl (C=O) groups is 2. The molecule has 0 spiro atoms. The maximum absolute atomic E-state index is 13.7. The van der Waals surface area contributed by atoms with Crippen LogP contribution in [-0.4, -0.2) is 30.1 Å². The van der Waals surface area contributed by atoms with Crippen LogP contribution in [0.4, 0.5) is 26.3 Å². The van der Waals surface area contributed by atoms with E-state index in [2.05, 4.69) is 15.9 Å². The van der Waals surface area contributed by atoms with Gasteiger partial charge in [0, 0.05) is 22.9 Å². The lowest BCUT2D eigenvalue weighted by Gasteiger charge is -2.18. The number of benzene rings is 2. The maximum atomic E-state index is 13.7. The third-order valence-corrected chi connectivity index (χ3v) is 6.79. The zero-order valence-corrected chi connectivity index (χ0v) is 22.1. The molecule has 3 nitrogen and oxygen atoms in total. The zero-order valence-electron chi connectivity index (χ0n) is 18.2. The number of Topliss-reactive ketones (excluding diaryl/α,β-unsaturated/α-hetero) is 1. The molecule has 2 unspecified atom stereocenters. The predicted octanol–water partition coefficient (Wildman–Crippen LogP) is 8.80. The normalized spacial score (nSPS) is 14.1. The summed E-state index contributed by atoms with van der Waals surface area (Å²) in [5, 5.41) is 1.43. The highest BCUT2D eigenvalue weighted by molar-refractivity contribution is 9.10. The van der Waals surface area contributed by atoms with Crippen LogP contribution >= 0.6 is 50.7 Å². The number of rotatable bonds is 8. The number of carbonyl (C=O) groups excluding carboxylic acids is 2. The van der Waals surface area contributed by atoms with Crippen molar-refractivity contribution < 1.29 is 35.9 Å². The van der Waals surface area contributed by atoms with Crippen LogP contribution in [0.25, 0.3) is 6.08 Å². The first-order chi connectivity index (χ1) is 16.5. The Morgan fingerprint density at radius 2 is 1.56 bits per heavy atom. The van der Waals surface area contributed by atoms with Gasteiger partial charge in [0.15, 0.2) is 5.78 Å². The molecule has 2 aromatic carbocycles. The number of allylic oxidation sites excluding steroid dienone is 1. The van der Waals surface area contributed by atoms with Gasteiger partial charge in [-0.05, 0) is 42.3 Å². The minimum absolute atomic E-state index is 0.0662. The monoisotopic (exact) mass is 637 g/mol. The second-order valence-corrected chi connectivity index (χ2v) is 9.72. The second-order valence-electron chi connectivity index (χ2n) is 7.67. The summed E-state index contributed by atoms with van der Waals surface area (Å²) >= 11 is 20.7. The maximum Gasteiger partial charge on any atom is 0.408 e. The Labute approximate surface area is 225 Å². The topological polar surface area (TPSA) is 46.2 Å². The number of hydrogen-bond donors (Lipinski definition) is 1. The van der Waals surface area contributed by atoms with Gasteiger partial charge in [0.2, 0.25) is 5.91 Å². The highest BCUT2D eigenvalue weighted by Crippen LogP contribution is 2.41. The van der Waals surface area contributed by atoms with E-state index in [9.17, 15) is 35.9 Å². The van der Waals surface area contributed by atoms with Crippen LogP contribution in [0.2, 0.25) is 15.1 Å². The largest absolute Gasteiger partial charge is 0.408 e. The molecule has 2 aromatic rings. The molecule has 0 radical (unpaired) electrons. The summed E-state index contributed by atoms with van der Waals surface area (Å²) in [6, 6.07) is 4.20. The molecule has 0 fully saturated rings. The van der Waals surface area contributed by atoms with Crippen molar-refractivity contribution in [2.45, 2.75) is 44.1 Å². The second kappa shape index (κ2) is 12.2.